The molecule has 1 heterocycles. The average Bonchev–Trinajstić information content (AvgIpc) is 2.30. The number of ether oxygens (including phenoxy) is 1. The van der Waals surface area contributed by atoms with Crippen LogP contribution in [0.5, 0.6) is 0 Å². The third-order valence-corrected chi connectivity index (χ3v) is 1.65. The second-order valence-electron chi connectivity index (χ2n) is 2.78. The van der Waals surface area contributed by atoms with Gasteiger partial charge in [-0.3, -0.25) is 9.59 Å². The number of carbonyl (C=O) groups is 2. The topological polar surface area (TPSA) is 81.4 Å². The minimum Gasteiger partial charge on any atom is -0.367 e. The fraction of sp³-hybridized carbons (Fsp3) is 0.400. The lowest BCUT2D eigenvalue weighted by Gasteiger charge is -2.20. The molecule has 0 aromatic rings. The van der Waals surface area contributed by atoms with Crippen LogP contribution in [0, 0.1) is 0 Å². The van der Waals surface area contributed by atoms with Gasteiger partial charge < -0.3 is 15.8 Å². The molecular weight excluding hydrogens is 196 g/mol. The zero-order chi connectivity index (χ0) is 11.7. The maximum Gasteiger partial charge on any atom is 0.240 e. The number of rotatable bonds is 3. The van der Waals surface area contributed by atoms with E-state index in [2.05, 4.69) is 24.2 Å². The molecule has 1 amide bonds. The SMILES string of the molecule is C=CC(=O)C1CNCCO1.C=CC(N)=O. The molecule has 0 radical (unpaired) electrons. The zero-order valence-corrected chi connectivity index (χ0v) is 8.57. The van der Waals surface area contributed by atoms with Crippen molar-refractivity contribution < 1.29 is 14.3 Å². The van der Waals surface area contributed by atoms with Crippen molar-refractivity contribution in [2.75, 3.05) is 19.7 Å². The number of primary amides is 1. The van der Waals surface area contributed by atoms with Gasteiger partial charge in [0, 0.05) is 13.1 Å². The molecule has 0 aliphatic carbocycles. The Morgan fingerprint density at radius 1 is 1.40 bits per heavy atom. The van der Waals surface area contributed by atoms with Crippen molar-refractivity contribution >= 4 is 11.7 Å². The molecule has 1 saturated heterocycles. The zero-order valence-electron chi connectivity index (χ0n) is 8.57. The van der Waals surface area contributed by atoms with E-state index < -0.39 is 5.91 Å². The summed E-state index contributed by atoms with van der Waals surface area (Å²) in [6, 6.07) is 0. The van der Waals surface area contributed by atoms with Gasteiger partial charge in [-0.15, -0.1) is 0 Å². The van der Waals surface area contributed by atoms with Gasteiger partial charge >= 0.3 is 0 Å². The summed E-state index contributed by atoms with van der Waals surface area (Å²) in [5.74, 6) is -0.516. The molecule has 0 spiro atoms. The van der Waals surface area contributed by atoms with Gasteiger partial charge in [0.1, 0.15) is 6.10 Å². The van der Waals surface area contributed by atoms with E-state index in [1.807, 2.05) is 0 Å². The molecule has 0 saturated carbocycles. The third kappa shape index (κ3) is 6.59. The molecule has 1 aliphatic rings. The molecule has 15 heavy (non-hydrogen) atoms. The molecule has 5 nitrogen and oxygen atoms in total. The van der Waals surface area contributed by atoms with Crippen LogP contribution in [0.15, 0.2) is 25.3 Å². The van der Waals surface area contributed by atoms with Crippen molar-refractivity contribution in [1.29, 1.82) is 0 Å². The van der Waals surface area contributed by atoms with Gasteiger partial charge in [-0.1, -0.05) is 13.2 Å². The van der Waals surface area contributed by atoms with Crippen LogP contribution < -0.4 is 11.1 Å². The fourth-order valence-electron chi connectivity index (χ4n) is 0.880. The quantitative estimate of drug-likeness (QED) is 0.611. The summed E-state index contributed by atoms with van der Waals surface area (Å²) < 4.78 is 5.15. The van der Waals surface area contributed by atoms with Crippen molar-refractivity contribution in [3.63, 3.8) is 0 Å². The summed E-state index contributed by atoms with van der Waals surface area (Å²) in [7, 11) is 0. The predicted octanol–water partition coefficient (Wildman–Crippen LogP) is -0.612. The van der Waals surface area contributed by atoms with Crippen molar-refractivity contribution in [1.82, 2.24) is 5.32 Å². The number of ketones is 1. The minimum atomic E-state index is -0.481. The number of amides is 1. The van der Waals surface area contributed by atoms with Crippen LogP contribution in [0.4, 0.5) is 0 Å². The molecule has 3 N–H and O–H groups in total. The highest BCUT2D eigenvalue weighted by Gasteiger charge is 2.18. The summed E-state index contributed by atoms with van der Waals surface area (Å²) in [5, 5.41) is 3.06. The van der Waals surface area contributed by atoms with Crippen molar-refractivity contribution in [2.45, 2.75) is 6.10 Å². The molecule has 0 aromatic carbocycles. The highest BCUT2D eigenvalue weighted by Crippen LogP contribution is 1.97. The Labute approximate surface area is 89.0 Å². The highest BCUT2D eigenvalue weighted by molar-refractivity contribution is 5.93. The Hall–Kier alpha value is -1.46. The standard InChI is InChI=1S/C7H11NO2.C3H5NO/c1-2-6(9)7-5-8-3-4-10-7;1-2-3(4)5/h2,7-8H,1,3-5H2;2H,1H2,(H2,4,5). The predicted molar refractivity (Wildman–Crippen MR) is 57.2 cm³/mol. The number of nitrogens with one attached hydrogen (secondary N) is 1. The van der Waals surface area contributed by atoms with E-state index >= 15 is 0 Å². The number of morpholine rings is 1. The number of nitrogens with two attached hydrogens (primary N) is 1. The van der Waals surface area contributed by atoms with E-state index in [1.54, 1.807) is 0 Å². The summed E-state index contributed by atoms with van der Waals surface area (Å²) in [4.78, 5) is 20.4. The number of hydrogen-bond acceptors (Lipinski definition) is 4. The first-order valence-corrected chi connectivity index (χ1v) is 4.52. The molecule has 1 fully saturated rings. The lowest BCUT2D eigenvalue weighted by atomic mass is 10.2. The summed E-state index contributed by atoms with van der Waals surface area (Å²) in [5.41, 5.74) is 4.53. The maximum absolute atomic E-state index is 10.9. The normalized spacial score (nSPS) is 19.3. The van der Waals surface area contributed by atoms with E-state index in [9.17, 15) is 9.59 Å². The largest absolute Gasteiger partial charge is 0.367 e. The van der Waals surface area contributed by atoms with Gasteiger partial charge in [0.05, 0.1) is 6.61 Å². The van der Waals surface area contributed by atoms with Gasteiger partial charge in [0.15, 0.2) is 5.78 Å². The van der Waals surface area contributed by atoms with Gasteiger partial charge in [0.25, 0.3) is 0 Å². The Balaban J connectivity index is 0.000000336. The Morgan fingerprint density at radius 2 is 2.00 bits per heavy atom. The van der Waals surface area contributed by atoms with E-state index in [4.69, 9.17) is 4.74 Å². The van der Waals surface area contributed by atoms with Crippen molar-refractivity contribution in [2.24, 2.45) is 5.73 Å². The van der Waals surface area contributed by atoms with Crippen LogP contribution in [0.2, 0.25) is 0 Å². The van der Waals surface area contributed by atoms with Gasteiger partial charge in [-0.25, -0.2) is 0 Å². The van der Waals surface area contributed by atoms with E-state index in [0.717, 1.165) is 12.6 Å². The first-order valence-electron chi connectivity index (χ1n) is 4.52. The summed E-state index contributed by atoms with van der Waals surface area (Å²) in [6.45, 7) is 8.53. The van der Waals surface area contributed by atoms with Crippen molar-refractivity contribution in [3.8, 4) is 0 Å². The molecule has 84 valence electrons. The van der Waals surface area contributed by atoms with Gasteiger partial charge in [0.2, 0.25) is 5.91 Å². The molecule has 1 atom stereocenters. The second-order valence-corrected chi connectivity index (χ2v) is 2.78. The van der Waals surface area contributed by atoms with Crippen LogP contribution in [-0.4, -0.2) is 37.5 Å². The lowest BCUT2D eigenvalue weighted by Crippen LogP contribution is -2.42. The Morgan fingerprint density at radius 3 is 2.33 bits per heavy atom. The highest BCUT2D eigenvalue weighted by atomic mass is 16.5. The van der Waals surface area contributed by atoms with Crippen LogP contribution in [0.25, 0.3) is 0 Å². The second kappa shape index (κ2) is 7.90. The van der Waals surface area contributed by atoms with Gasteiger partial charge in [-0.05, 0) is 12.2 Å². The first kappa shape index (κ1) is 13.5. The molecule has 1 unspecified atom stereocenters. The Bertz CT molecular complexity index is 245. The summed E-state index contributed by atoms with van der Waals surface area (Å²) in [6.07, 6.45) is 2.06. The van der Waals surface area contributed by atoms with E-state index in [0.29, 0.717) is 13.2 Å². The molecule has 0 aromatic heterocycles. The third-order valence-electron chi connectivity index (χ3n) is 1.65. The number of hydrogen-bond donors (Lipinski definition) is 2. The monoisotopic (exact) mass is 212 g/mol. The van der Waals surface area contributed by atoms with E-state index in [-0.39, 0.29) is 11.9 Å². The minimum absolute atomic E-state index is 0.0350. The first-order chi connectivity index (χ1) is 7.11. The Kier molecular flexibility index (Phi) is 7.13. The van der Waals surface area contributed by atoms with Crippen LogP contribution in [0.1, 0.15) is 0 Å². The average molecular weight is 212 g/mol. The van der Waals surface area contributed by atoms with Crippen LogP contribution >= 0.6 is 0 Å². The number of carbonyl (C=O) groups excluding carboxylic acids is 2. The molecule has 1 rings (SSSR count). The lowest BCUT2D eigenvalue weighted by molar-refractivity contribution is -0.126. The smallest absolute Gasteiger partial charge is 0.240 e. The van der Waals surface area contributed by atoms with Gasteiger partial charge in [-0.2, -0.15) is 0 Å². The molecule has 1 aliphatic heterocycles. The maximum atomic E-state index is 10.9. The molecule has 0 bridgehead atoms. The molecular formula is C10H16N2O3. The fourth-order valence-corrected chi connectivity index (χ4v) is 0.880. The molecule has 5 heteroatoms. The van der Waals surface area contributed by atoms with E-state index in [1.165, 1.54) is 6.08 Å². The van der Waals surface area contributed by atoms with Crippen molar-refractivity contribution in [3.05, 3.63) is 25.3 Å². The van der Waals surface area contributed by atoms with Crippen LogP contribution in [0.3, 0.4) is 0 Å². The summed E-state index contributed by atoms with van der Waals surface area (Å²) >= 11 is 0. The van der Waals surface area contributed by atoms with Crippen LogP contribution in [-0.2, 0) is 14.3 Å².